The van der Waals surface area contributed by atoms with Crippen LogP contribution in [0.3, 0.4) is 0 Å². The highest BCUT2D eigenvalue weighted by Gasteiger charge is 2.31. The minimum absolute atomic E-state index is 0.511. The van der Waals surface area contributed by atoms with Crippen molar-refractivity contribution >= 4 is 15.9 Å². The molecule has 1 saturated carbocycles. The average Bonchev–Trinajstić information content (AvgIpc) is 2.46. The molecule has 0 bridgehead atoms. The molecule has 4 unspecified atom stereocenters. The molecule has 118 valence electrons. The van der Waals surface area contributed by atoms with Crippen LogP contribution in [-0.2, 0) is 0 Å². The molecule has 0 heterocycles. The summed E-state index contributed by atoms with van der Waals surface area (Å²) in [5.41, 5.74) is 2.91. The zero-order valence-electron chi connectivity index (χ0n) is 14.0. The number of hydrogen-bond donors (Lipinski definition) is 1. The highest BCUT2D eigenvalue weighted by molar-refractivity contribution is 9.10. The molecule has 4 atom stereocenters. The zero-order chi connectivity index (χ0) is 15.4. The van der Waals surface area contributed by atoms with E-state index in [9.17, 15) is 0 Å². The Bertz CT molecular complexity index is 457. The molecule has 2 heteroatoms. The molecule has 1 fully saturated rings. The first-order valence-corrected chi connectivity index (χ1v) is 9.31. The van der Waals surface area contributed by atoms with Crippen molar-refractivity contribution in [3.05, 3.63) is 33.8 Å². The number of rotatable bonds is 5. The Kier molecular flexibility index (Phi) is 6.31. The molecule has 0 spiro atoms. The third kappa shape index (κ3) is 4.32. The SMILES string of the molecule is CCCNC(c1cc(Br)ccc1C)C1CCC(C)C(C)C1. The summed E-state index contributed by atoms with van der Waals surface area (Å²) in [6.45, 7) is 10.5. The lowest BCUT2D eigenvalue weighted by Gasteiger charge is -2.38. The van der Waals surface area contributed by atoms with Gasteiger partial charge in [0.15, 0.2) is 0 Å². The van der Waals surface area contributed by atoms with E-state index in [1.54, 1.807) is 0 Å². The second-order valence-electron chi connectivity index (χ2n) is 6.96. The van der Waals surface area contributed by atoms with Crippen LogP contribution in [-0.4, -0.2) is 6.54 Å². The number of benzene rings is 1. The Morgan fingerprint density at radius 1 is 1.24 bits per heavy atom. The van der Waals surface area contributed by atoms with Gasteiger partial charge in [-0.1, -0.05) is 49.2 Å². The molecular formula is C19H30BrN. The maximum absolute atomic E-state index is 3.84. The van der Waals surface area contributed by atoms with Gasteiger partial charge in [0.1, 0.15) is 0 Å². The van der Waals surface area contributed by atoms with Crippen LogP contribution in [0, 0.1) is 24.7 Å². The van der Waals surface area contributed by atoms with Crippen molar-refractivity contribution in [3.63, 3.8) is 0 Å². The molecule has 1 aromatic carbocycles. The molecule has 21 heavy (non-hydrogen) atoms. The Balaban J connectivity index is 2.23. The largest absolute Gasteiger partial charge is 0.310 e. The molecule has 1 aliphatic carbocycles. The molecule has 2 rings (SSSR count). The van der Waals surface area contributed by atoms with Crippen molar-refractivity contribution in [1.82, 2.24) is 5.32 Å². The third-order valence-corrected chi connectivity index (χ3v) is 5.79. The minimum Gasteiger partial charge on any atom is -0.310 e. The molecule has 0 saturated heterocycles. The summed E-state index contributed by atoms with van der Waals surface area (Å²) in [4.78, 5) is 0. The maximum atomic E-state index is 3.84. The molecule has 1 N–H and O–H groups in total. The fourth-order valence-electron chi connectivity index (χ4n) is 3.67. The molecule has 1 aliphatic rings. The third-order valence-electron chi connectivity index (χ3n) is 5.30. The predicted molar refractivity (Wildman–Crippen MR) is 95.6 cm³/mol. The van der Waals surface area contributed by atoms with Crippen LogP contribution in [0.15, 0.2) is 22.7 Å². The van der Waals surface area contributed by atoms with E-state index >= 15 is 0 Å². The first-order chi connectivity index (χ1) is 10.0. The fraction of sp³-hybridized carbons (Fsp3) is 0.684. The summed E-state index contributed by atoms with van der Waals surface area (Å²) < 4.78 is 1.20. The predicted octanol–water partition coefficient (Wildman–Crippen LogP) is 5.87. The van der Waals surface area contributed by atoms with Gasteiger partial charge >= 0.3 is 0 Å². The van der Waals surface area contributed by atoms with Crippen LogP contribution in [0.1, 0.15) is 63.6 Å². The monoisotopic (exact) mass is 351 g/mol. The van der Waals surface area contributed by atoms with Crippen molar-refractivity contribution < 1.29 is 0 Å². The van der Waals surface area contributed by atoms with Crippen molar-refractivity contribution in [2.75, 3.05) is 6.54 Å². The zero-order valence-corrected chi connectivity index (χ0v) is 15.5. The summed E-state index contributed by atoms with van der Waals surface area (Å²) in [6.07, 6.45) is 5.29. The van der Waals surface area contributed by atoms with Crippen LogP contribution < -0.4 is 5.32 Å². The number of halogens is 1. The number of nitrogens with one attached hydrogen (secondary N) is 1. The van der Waals surface area contributed by atoms with Gasteiger partial charge in [-0.3, -0.25) is 0 Å². The quantitative estimate of drug-likeness (QED) is 0.699. The first-order valence-electron chi connectivity index (χ1n) is 8.52. The summed E-state index contributed by atoms with van der Waals surface area (Å²) in [7, 11) is 0. The second-order valence-corrected chi connectivity index (χ2v) is 7.88. The lowest BCUT2D eigenvalue weighted by atomic mass is 9.71. The van der Waals surface area contributed by atoms with Gasteiger partial charge in [0.25, 0.3) is 0 Å². The van der Waals surface area contributed by atoms with Crippen LogP contribution in [0.5, 0.6) is 0 Å². The molecule has 1 aromatic rings. The van der Waals surface area contributed by atoms with Gasteiger partial charge in [0.2, 0.25) is 0 Å². The first kappa shape index (κ1) is 17.0. The highest BCUT2D eigenvalue weighted by Crippen LogP contribution is 2.41. The molecule has 0 amide bonds. The van der Waals surface area contributed by atoms with E-state index in [1.807, 2.05) is 0 Å². The van der Waals surface area contributed by atoms with Gasteiger partial charge in [-0.05, 0) is 73.7 Å². The lowest BCUT2D eigenvalue weighted by Crippen LogP contribution is -2.34. The average molecular weight is 352 g/mol. The molecular weight excluding hydrogens is 322 g/mol. The van der Waals surface area contributed by atoms with Gasteiger partial charge in [-0.15, -0.1) is 0 Å². The Hall–Kier alpha value is -0.340. The van der Waals surface area contributed by atoms with Crippen molar-refractivity contribution in [3.8, 4) is 0 Å². The van der Waals surface area contributed by atoms with E-state index in [4.69, 9.17) is 0 Å². The van der Waals surface area contributed by atoms with Gasteiger partial charge in [-0.25, -0.2) is 0 Å². The topological polar surface area (TPSA) is 12.0 Å². The van der Waals surface area contributed by atoms with Gasteiger partial charge in [0, 0.05) is 10.5 Å². The standard InChI is InChI=1S/C19H30BrN/c1-5-10-21-19(16-8-6-13(2)15(4)11-16)18-12-17(20)9-7-14(18)3/h7,9,12-13,15-16,19,21H,5-6,8,10-11H2,1-4H3. The maximum Gasteiger partial charge on any atom is 0.0351 e. The molecule has 0 aromatic heterocycles. The van der Waals surface area contributed by atoms with Crippen molar-refractivity contribution in [2.24, 2.45) is 17.8 Å². The summed E-state index contributed by atoms with van der Waals surface area (Å²) >= 11 is 3.65. The summed E-state index contributed by atoms with van der Waals surface area (Å²) in [5, 5.41) is 3.84. The molecule has 0 aliphatic heterocycles. The van der Waals surface area contributed by atoms with E-state index in [1.165, 1.54) is 41.3 Å². The summed E-state index contributed by atoms with van der Waals surface area (Å²) in [6, 6.07) is 7.24. The van der Waals surface area contributed by atoms with Crippen LogP contribution in [0.4, 0.5) is 0 Å². The van der Waals surface area contributed by atoms with E-state index in [0.29, 0.717) is 6.04 Å². The molecule has 0 radical (unpaired) electrons. The van der Waals surface area contributed by atoms with E-state index < -0.39 is 0 Å². The molecule has 1 nitrogen and oxygen atoms in total. The van der Waals surface area contributed by atoms with Crippen LogP contribution in [0.2, 0.25) is 0 Å². The summed E-state index contributed by atoms with van der Waals surface area (Å²) in [5.74, 6) is 2.51. The van der Waals surface area contributed by atoms with Gasteiger partial charge < -0.3 is 5.32 Å². The van der Waals surface area contributed by atoms with E-state index in [0.717, 1.165) is 24.3 Å². The minimum atomic E-state index is 0.511. The lowest BCUT2D eigenvalue weighted by molar-refractivity contribution is 0.171. The van der Waals surface area contributed by atoms with Crippen molar-refractivity contribution in [1.29, 1.82) is 0 Å². The Morgan fingerprint density at radius 2 is 2.00 bits per heavy atom. The van der Waals surface area contributed by atoms with Gasteiger partial charge in [0.05, 0.1) is 0 Å². The van der Waals surface area contributed by atoms with Gasteiger partial charge in [-0.2, -0.15) is 0 Å². The number of aryl methyl sites for hydroxylation is 1. The normalized spacial score (nSPS) is 27.6. The van der Waals surface area contributed by atoms with E-state index in [-0.39, 0.29) is 0 Å². The highest BCUT2D eigenvalue weighted by atomic mass is 79.9. The number of hydrogen-bond acceptors (Lipinski definition) is 1. The van der Waals surface area contributed by atoms with Crippen LogP contribution >= 0.6 is 15.9 Å². The van der Waals surface area contributed by atoms with Crippen molar-refractivity contribution in [2.45, 2.75) is 59.4 Å². The van der Waals surface area contributed by atoms with Crippen LogP contribution in [0.25, 0.3) is 0 Å². The second kappa shape index (κ2) is 7.78. The van der Waals surface area contributed by atoms with E-state index in [2.05, 4.69) is 67.1 Å². The Labute approximate surface area is 139 Å². The fourth-order valence-corrected chi connectivity index (χ4v) is 4.05. The smallest absolute Gasteiger partial charge is 0.0351 e. The Morgan fingerprint density at radius 3 is 2.67 bits per heavy atom.